The van der Waals surface area contributed by atoms with Gasteiger partial charge in [-0.3, -0.25) is 4.79 Å². The Hall–Kier alpha value is -3.25. The molecular weight excluding hydrogens is 458 g/mol. The fourth-order valence-electron chi connectivity index (χ4n) is 4.50. The highest BCUT2D eigenvalue weighted by Gasteiger charge is 2.39. The van der Waals surface area contributed by atoms with Crippen LogP contribution in [0.1, 0.15) is 31.9 Å². The van der Waals surface area contributed by atoms with Crippen molar-refractivity contribution in [3.05, 3.63) is 90.0 Å². The molecule has 0 fully saturated rings. The zero-order valence-electron chi connectivity index (χ0n) is 20.9. The topological polar surface area (TPSA) is 75.6 Å². The molecule has 0 saturated carbocycles. The lowest BCUT2D eigenvalue weighted by atomic mass is 10.0. The fourth-order valence-corrected chi connectivity index (χ4v) is 8.85. The van der Waals surface area contributed by atoms with Crippen molar-refractivity contribution in [1.29, 1.82) is 0 Å². The molecule has 3 aromatic rings. The van der Waals surface area contributed by atoms with Crippen molar-refractivity contribution in [3.63, 3.8) is 0 Å². The van der Waals surface area contributed by atoms with Gasteiger partial charge in [-0.05, 0) is 62.9 Å². The van der Waals surface area contributed by atoms with Gasteiger partial charge in [-0.25, -0.2) is 4.79 Å². The van der Waals surface area contributed by atoms with Gasteiger partial charge >= 0.3 is 5.97 Å². The van der Waals surface area contributed by atoms with Crippen LogP contribution in [-0.2, 0) is 16.0 Å². The summed E-state index contributed by atoms with van der Waals surface area (Å²) in [5.74, 6) is 0.599. The van der Waals surface area contributed by atoms with E-state index in [1.165, 1.54) is 9.79 Å². The van der Waals surface area contributed by atoms with Gasteiger partial charge in [0.25, 0.3) is 0 Å². The summed E-state index contributed by atoms with van der Waals surface area (Å²) < 4.78 is 6.33. The van der Waals surface area contributed by atoms with Crippen LogP contribution in [-0.4, -0.2) is 40.6 Å². The maximum atomic E-state index is 11.4. The largest absolute Gasteiger partial charge is 0.492 e. The number of hydrogen-bond acceptors (Lipinski definition) is 3. The molecule has 0 aliphatic heterocycles. The number of carbonyl (C=O) groups is 2. The summed E-state index contributed by atoms with van der Waals surface area (Å²) in [4.78, 5) is 24.8. The third kappa shape index (κ3) is 6.06. The molecule has 3 aromatic carbocycles. The summed E-state index contributed by atoms with van der Waals surface area (Å²) in [5.41, 5.74) is 1.77. The summed E-state index contributed by atoms with van der Waals surface area (Å²) in [6.07, 6.45) is 0.640. The molecule has 0 aromatic heterocycles. The van der Waals surface area contributed by atoms with Gasteiger partial charge in [0.05, 0.1) is 6.61 Å². The van der Waals surface area contributed by atoms with Crippen molar-refractivity contribution in [2.75, 3.05) is 12.4 Å². The molecule has 186 valence electrons. The molecule has 1 atom stereocenters. The molecule has 0 bridgehead atoms. The third-order valence-corrected chi connectivity index (χ3v) is 11.3. The summed E-state index contributed by atoms with van der Waals surface area (Å²) in [6, 6.07) is 26.2. The Kier molecular flexibility index (Phi) is 8.62. The third-order valence-electron chi connectivity index (χ3n) is 6.23. The molecule has 0 unspecified atom stereocenters. The fraction of sp³-hybridized carbons (Fsp3) is 0.310. The average Bonchev–Trinajstić information content (AvgIpc) is 2.83. The smallest absolute Gasteiger partial charge is 0.326 e. The maximum absolute atomic E-state index is 11.4. The lowest BCUT2D eigenvalue weighted by molar-refractivity contribution is -0.140. The van der Waals surface area contributed by atoms with E-state index in [0.29, 0.717) is 13.0 Å². The standard InChI is InChI=1S/C29H35NO4S/c1-22-19-23(20-26(28(32)33)30-21-31)15-16-27(22)34-17-18-35(29(2,3)4,24-11-7-5-8-12-24)25-13-9-6-10-14-25/h5-16,19,21,26H,17-18,20H2,1-4H3,(H,30,31)(H,32,33)/t26-/m0/s1. The molecular formula is C29H35NO4S. The average molecular weight is 494 g/mol. The van der Waals surface area contributed by atoms with Crippen molar-refractivity contribution in [2.24, 2.45) is 0 Å². The first-order chi connectivity index (χ1) is 16.7. The second-order valence-electron chi connectivity index (χ2n) is 9.51. The van der Waals surface area contributed by atoms with E-state index in [2.05, 4.69) is 86.8 Å². The predicted molar refractivity (Wildman–Crippen MR) is 143 cm³/mol. The first-order valence-corrected chi connectivity index (χ1v) is 13.5. The van der Waals surface area contributed by atoms with Crippen molar-refractivity contribution < 1.29 is 19.4 Å². The number of aryl methyl sites for hydroxylation is 1. The van der Waals surface area contributed by atoms with Crippen LogP contribution >= 0.6 is 10.0 Å². The van der Waals surface area contributed by atoms with Gasteiger partial charge in [0, 0.05) is 12.2 Å². The summed E-state index contributed by atoms with van der Waals surface area (Å²) in [6.45, 7) is 9.46. The Labute approximate surface area is 209 Å². The molecule has 0 radical (unpaired) electrons. The van der Waals surface area contributed by atoms with Gasteiger partial charge in [0.15, 0.2) is 0 Å². The molecule has 6 heteroatoms. The van der Waals surface area contributed by atoms with Crippen LogP contribution in [0.15, 0.2) is 88.7 Å². The SMILES string of the molecule is Cc1cc(C[C@H](NC=O)C(=O)O)ccc1OCCS(c1ccccc1)(c1ccccc1)C(C)(C)C. The van der Waals surface area contributed by atoms with Crippen molar-refractivity contribution in [2.45, 2.75) is 54.7 Å². The van der Waals surface area contributed by atoms with Crippen LogP contribution in [0.2, 0.25) is 0 Å². The zero-order valence-corrected chi connectivity index (χ0v) is 21.7. The van der Waals surface area contributed by atoms with Crippen molar-refractivity contribution in [1.82, 2.24) is 5.32 Å². The van der Waals surface area contributed by atoms with Crippen molar-refractivity contribution in [3.8, 4) is 5.75 Å². The zero-order chi connectivity index (χ0) is 25.5. The quantitative estimate of drug-likeness (QED) is 0.329. The van der Waals surface area contributed by atoms with E-state index in [9.17, 15) is 14.7 Å². The first-order valence-electron chi connectivity index (χ1n) is 11.7. The maximum Gasteiger partial charge on any atom is 0.326 e. The van der Waals surface area contributed by atoms with E-state index in [1.807, 2.05) is 25.1 Å². The highest BCUT2D eigenvalue weighted by molar-refractivity contribution is 8.34. The summed E-state index contributed by atoms with van der Waals surface area (Å²) >= 11 is 0. The minimum atomic E-state index is -1.42. The molecule has 0 heterocycles. The van der Waals surface area contributed by atoms with E-state index in [0.717, 1.165) is 22.6 Å². The minimum Gasteiger partial charge on any atom is -0.492 e. The van der Waals surface area contributed by atoms with E-state index in [-0.39, 0.29) is 11.2 Å². The van der Waals surface area contributed by atoms with E-state index >= 15 is 0 Å². The molecule has 0 aliphatic carbocycles. The van der Waals surface area contributed by atoms with Gasteiger partial charge in [-0.1, -0.05) is 69.3 Å². The van der Waals surface area contributed by atoms with Crippen LogP contribution in [0, 0.1) is 6.92 Å². The number of amides is 1. The van der Waals surface area contributed by atoms with E-state index in [1.54, 1.807) is 0 Å². The first kappa shape index (κ1) is 26.4. The second-order valence-corrected chi connectivity index (χ2v) is 13.6. The number of benzene rings is 3. The molecule has 0 aliphatic rings. The minimum absolute atomic E-state index is 0.00932. The van der Waals surface area contributed by atoms with Gasteiger partial charge in [0.2, 0.25) is 6.41 Å². The number of carboxylic acid groups (broad SMARTS) is 1. The molecule has 1 amide bonds. The lowest BCUT2D eigenvalue weighted by Crippen LogP contribution is -2.37. The van der Waals surface area contributed by atoms with Crippen LogP contribution in [0.4, 0.5) is 0 Å². The Bertz CT molecular complexity index is 1090. The van der Waals surface area contributed by atoms with Crippen molar-refractivity contribution >= 4 is 22.4 Å². The number of carboxylic acids is 1. The molecule has 0 spiro atoms. The number of hydrogen-bond donors (Lipinski definition) is 2. The van der Waals surface area contributed by atoms with Gasteiger partial charge in [-0.15, -0.1) is 0 Å². The molecule has 3 rings (SSSR count). The Morgan fingerprint density at radius 1 is 1.00 bits per heavy atom. The Balaban J connectivity index is 1.84. The second kappa shape index (κ2) is 11.5. The number of nitrogens with one attached hydrogen (secondary N) is 1. The lowest BCUT2D eigenvalue weighted by Gasteiger charge is -2.51. The number of aliphatic carboxylic acids is 1. The summed E-state index contributed by atoms with van der Waals surface area (Å²) in [5, 5.41) is 11.6. The van der Waals surface area contributed by atoms with Crippen LogP contribution in [0.5, 0.6) is 5.75 Å². The van der Waals surface area contributed by atoms with E-state index in [4.69, 9.17) is 4.74 Å². The van der Waals surface area contributed by atoms with Gasteiger partial charge < -0.3 is 15.2 Å². The Morgan fingerprint density at radius 3 is 2.03 bits per heavy atom. The van der Waals surface area contributed by atoms with Crippen LogP contribution in [0.25, 0.3) is 0 Å². The predicted octanol–water partition coefficient (Wildman–Crippen LogP) is 5.84. The normalized spacial score (nSPS) is 13.0. The van der Waals surface area contributed by atoms with Gasteiger partial charge in [-0.2, -0.15) is 10.0 Å². The van der Waals surface area contributed by atoms with Gasteiger partial charge in [0.1, 0.15) is 11.8 Å². The highest BCUT2D eigenvalue weighted by atomic mass is 32.3. The van der Waals surface area contributed by atoms with E-state index < -0.39 is 22.0 Å². The molecule has 35 heavy (non-hydrogen) atoms. The molecule has 5 nitrogen and oxygen atoms in total. The highest BCUT2D eigenvalue weighted by Crippen LogP contribution is 2.70. The summed E-state index contributed by atoms with van der Waals surface area (Å²) in [7, 11) is -1.42. The monoisotopic (exact) mass is 493 g/mol. The van der Waals surface area contributed by atoms with Crippen LogP contribution < -0.4 is 10.1 Å². The number of ether oxygens (including phenoxy) is 1. The Morgan fingerprint density at radius 2 is 1.57 bits per heavy atom. The molecule has 2 N–H and O–H groups in total. The number of carbonyl (C=O) groups excluding carboxylic acids is 1. The van der Waals surface area contributed by atoms with Crippen LogP contribution in [0.3, 0.4) is 0 Å². The number of rotatable bonds is 11. The molecule has 0 saturated heterocycles.